The molecule has 1 saturated carbocycles. The lowest BCUT2D eigenvalue weighted by atomic mass is 10.1. The van der Waals surface area contributed by atoms with E-state index in [1.54, 1.807) is 9.80 Å². The smallest absolute Gasteiger partial charge is 0.331 e. The molecule has 1 aromatic rings. The largest absolute Gasteiger partial charge is 0.337 e. The molecule has 9 heteroatoms. The third-order valence-corrected chi connectivity index (χ3v) is 5.06. The number of hydrogen-bond acceptors (Lipinski definition) is 4. The van der Waals surface area contributed by atoms with Crippen LogP contribution in [0.1, 0.15) is 56.5 Å². The van der Waals surface area contributed by atoms with Crippen molar-refractivity contribution in [3.63, 3.8) is 0 Å². The minimum absolute atomic E-state index is 0. The zero-order chi connectivity index (χ0) is 16.0. The molecule has 0 radical (unpaired) electrons. The van der Waals surface area contributed by atoms with Crippen LogP contribution in [-0.2, 0) is 0 Å². The Bertz CT molecular complexity index is 655. The molecule has 2 aliphatic heterocycles. The van der Waals surface area contributed by atoms with Crippen molar-refractivity contribution in [2.45, 2.75) is 51.0 Å². The number of amides is 2. The first kappa shape index (κ1) is 20.0. The normalized spacial score (nSPS) is 22.2. The zero-order valence-electron chi connectivity index (χ0n) is 14.4. The van der Waals surface area contributed by atoms with Gasteiger partial charge in [-0.25, -0.2) is 9.78 Å². The number of imidazole rings is 1. The molecule has 1 aromatic heterocycles. The van der Waals surface area contributed by atoms with Gasteiger partial charge >= 0.3 is 6.03 Å². The van der Waals surface area contributed by atoms with Crippen molar-refractivity contribution in [3.8, 4) is 0 Å². The fourth-order valence-electron chi connectivity index (χ4n) is 3.86. The molecule has 2 amide bonds. The van der Waals surface area contributed by atoms with E-state index in [0.717, 1.165) is 29.6 Å². The molecule has 1 fully saturated rings. The standard InChI is InChI=1S/C16H24N6O.2ClH/c1-2-7-21-15-12(19-13(20-15)10-5-3-4-6-10)14-18-11(8-17)9-22(14)16(21)23;;/h10-11H,2-9,17H2,1H3,(H,19,20);2*1H. The molecule has 1 atom stereocenters. The van der Waals surface area contributed by atoms with Gasteiger partial charge < -0.3 is 10.7 Å². The van der Waals surface area contributed by atoms with Crippen LogP contribution in [0.4, 0.5) is 10.6 Å². The Labute approximate surface area is 160 Å². The van der Waals surface area contributed by atoms with Gasteiger partial charge in [-0.2, -0.15) is 0 Å². The average molecular weight is 389 g/mol. The number of fused-ring (bicyclic) bond motifs is 3. The highest BCUT2D eigenvalue weighted by atomic mass is 35.5. The second kappa shape index (κ2) is 7.93. The Morgan fingerprint density at radius 2 is 2.00 bits per heavy atom. The van der Waals surface area contributed by atoms with Crippen LogP contribution in [-0.4, -0.2) is 52.4 Å². The Kier molecular flexibility index (Phi) is 6.35. The first-order chi connectivity index (χ1) is 11.2. The number of carbonyl (C=O) groups excluding carboxylic acids is 1. The van der Waals surface area contributed by atoms with Crippen molar-refractivity contribution in [2.75, 3.05) is 24.5 Å². The van der Waals surface area contributed by atoms with Crippen LogP contribution >= 0.6 is 24.8 Å². The lowest BCUT2D eigenvalue weighted by Crippen LogP contribution is -2.50. The summed E-state index contributed by atoms with van der Waals surface area (Å²) in [6.07, 6.45) is 5.77. The molecule has 3 aliphatic rings. The Balaban J connectivity index is 0.00000113. The van der Waals surface area contributed by atoms with Crippen LogP contribution in [0.5, 0.6) is 0 Å². The van der Waals surface area contributed by atoms with Crippen molar-refractivity contribution in [1.82, 2.24) is 14.9 Å². The van der Waals surface area contributed by atoms with Gasteiger partial charge in [0.25, 0.3) is 0 Å². The topological polar surface area (TPSA) is 90.6 Å². The molecule has 1 unspecified atom stereocenters. The average Bonchev–Trinajstić information content (AvgIpc) is 3.28. The number of H-pyrrole nitrogens is 1. The fourth-order valence-corrected chi connectivity index (χ4v) is 3.86. The monoisotopic (exact) mass is 388 g/mol. The molecule has 4 rings (SSSR count). The molecule has 25 heavy (non-hydrogen) atoms. The van der Waals surface area contributed by atoms with E-state index in [-0.39, 0.29) is 36.9 Å². The SMILES string of the molecule is CCCN1C(=O)N2CC(CN)N=C2c2[nH]c(C3CCCC3)nc21.Cl.Cl. The van der Waals surface area contributed by atoms with E-state index in [0.29, 0.717) is 25.6 Å². The number of aromatic nitrogens is 2. The number of rotatable bonds is 4. The minimum atomic E-state index is -0.0153. The van der Waals surface area contributed by atoms with Crippen LogP contribution in [0.3, 0.4) is 0 Å². The number of halogens is 2. The lowest BCUT2D eigenvalue weighted by Gasteiger charge is -2.32. The third kappa shape index (κ3) is 3.25. The molecule has 0 saturated heterocycles. The number of hydrogen-bond donors (Lipinski definition) is 2. The first-order valence-electron chi connectivity index (χ1n) is 8.70. The summed E-state index contributed by atoms with van der Waals surface area (Å²) in [5, 5.41) is 0. The molecule has 1 aliphatic carbocycles. The molecule has 7 nitrogen and oxygen atoms in total. The summed E-state index contributed by atoms with van der Waals surface area (Å²) in [5.41, 5.74) is 6.67. The number of carbonyl (C=O) groups is 1. The Morgan fingerprint density at radius 3 is 2.64 bits per heavy atom. The number of nitrogens with zero attached hydrogens (tertiary/aromatic N) is 4. The zero-order valence-corrected chi connectivity index (χ0v) is 16.0. The number of aromatic amines is 1. The lowest BCUT2D eigenvalue weighted by molar-refractivity contribution is 0.227. The van der Waals surface area contributed by atoms with Gasteiger partial charge in [0.15, 0.2) is 11.7 Å². The number of nitrogens with two attached hydrogens (primary N) is 1. The molecule has 3 heterocycles. The highest BCUT2D eigenvalue weighted by molar-refractivity contribution is 6.18. The van der Waals surface area contributed by atoms with Crippen molar-refractivity contribution < 1.29 is 4.79 Å². The maximum absolute atomic E-state index is 12.8. The van der Waals surface area contributed by atoms with Gasteiger partial charge in [-0.05, 0) is 19.3 Å². The van der Waals surface area contributed by atoms with Crippen molar-refractivity contribution in [2.24, 2.45) is 10.7 Å². The van der Waals surface area contributed by atoms with Gasteiger partial charge in [0.05, 0.1) is 12.6 Å². The van der Waals surface area contributed by atoms with E-state index >= 15 is 0 Å². The van der Waals surface area contributed by atoms with Gasteiger partial charge in [-0.15, -0.1) is 24.8 Å². The first-order valence-corrected chi connectivity index (χ1v) is 8.70. The molecule has 0 bridgehead atoms. The van der Waals surface area contributed by atoms with Crippen LogP contribution in [0.2, 0.25) is 0 Å². The quantitative estimate of drug-likeness (QED) is 0.830. The van der Waals surface area contributed by atoms with Crippen molar-refractivity contribution >= 4 is 42.5 Å². The molecule has 140 valence electrons. The van der Waals surface area contributed by atoms with E-state index in [9.17, 15) is 4.79 Å². The molecule has 0 aromatic carbocycles. The number of aliphatic imine (C=N–C) groups is 1. The fraction of sp³-hybridized carbons (Fsp3) is 0.688. The van der Waals surface area contributed by atoms with E-state index in [2.05, 4.69) is 16.9 Å². The van der Waals surface area contributed by atoms with E-state index in [1.165, 1.54) is 25.7 Å². The van der Waals surface area contributed by atoms with Gasteiger partial charge in [-0.1, -0.05) is 19.8 Å². The summed E-state index contributed by atoms with van der Waals surface area (Å²) in [6, 6.07) is -0.0277. The van der Waals surface area contributed by atoms with Crippen molar-refractivity contribution in [1.29, 1.82) is 0 Å². The highest BCUT2D eigenvalue weighted by Gasteiger charge is 2.42. The predicted molar refractivity (Wildman–Crippen MR) is 103 cm³/mol. The van der Waals surface area contributed by atoms with Crippen molar-refractivity contribution in [3.05, 3.63) is 11.5 Å². The summed E-state index contributed by atoms with van der Waals surface area (Å²) in [7, 11) is 0. The van der Waals surface area contributed by atoms with E-state index in [4.69, 9.17) is 10.7 Å². The van der Waals surface area contributed by atoms with Crippen LogP contribution in [0.25, 0.3) is 0 Å². The van der Waals surface area contributed by atoms with Crippen LogP contribution < -0.4 is 10.6 Å². The summed E-state index contributed by atoms with van der Waals surface area (Å²) < 4.78 is 0. The highest BCUT2D eigenvalue weighted by Crippen LogP contribution is 2.37. The second-order valence-corrected chi connectivity index (χ2v) is 6.69. The maximum Gasteiger partial charge on any atom is 0.331 e. The maximum atomic E-state index is 12.8. The van der Waals surface area contributed by atoms with Gasteiger partial charge in [0, 0.05) is 19.0 Å². The predicted octanol–water partition coefficient (Wildman–Crippen LogP) is 2.65. The molecule has 3 N–H and O–H groups in total. The third-order valence-electron chi connectivity index (χ3n) is 5.06. The summed E-state index contributed by atoms with van der Waals surface area (Å²) in [4.78, 5) is 29.3. The Hall–Kier alpha value is -1.31. The second-order valence-electron chi connectivity index (χ2n) is 6.69. The number of anilines is 1. The van der Waals surface area contributed by atoms with Gasteiger partial charge in [0.2, 0.25) is 0 Å². The number of urea groups is 1. The summed E-state index contributed by atoms with van der Waals surface area (Å²) >= 11 is 0. The molecule has 0 spiro atoms. The van der Waals surface area contributed by atoms with Gasteiger partial charge in [-0.3, -0.25) is 14.8 Å². The van der Waals surface area contributed by atoms with Crippen LogP contribution in [0, 0.1) is 0 Å². The minimum Gasteiger partial charge on any atom is -0.337 e. The molecular formula is C16H26Cl2N6O. The van der Waals surface area contributed by atoms with Crippen LogP contribution in [0.15, 0.2) is 4.99 Å². The number of nitrogens with one attached hydrogen (secondary N) is 1. The number of amidine groups is 1. The van der Waals surface area contributed by atoms with E-state index in [1.807, 2.05) is 0 Å². The summed E-state index contributed by atoms with van der Waals surface area (Å²) in [5.74, 6) is 2.98. The van der Waals surface area contributed by atoms with E-state index < -0.39 is 0 Å². The van der Waals surface area contributed by atoms with Gasteiger partial charge in [0.1, 0.15) is 11.5 Å². The molecular weight excluding hydrogens is 363 g/mol. The summed E-state index contributed by atoms with van der Waals surface area (Å²) in [6.45, 7) is 3.79. The Morgan fingerprint density at radius 1 is 1.28 bits per heavy atom.